The third-order valence-electron chi connectivity index (χ3n) is 2.87. The number of furan rings is 1. The molecule has 0 spiro atoms. The zero-order valence-electron chi connectivity index (χ0n) is 11.7. The first-order valence-corrected chi connectivity index (χ1v) is 7.17. The number of nitrogens with zero attached hydrogens (tertiary/aromatic N) is 2. The molecule has 126 valence electrons. The second-order valence-electron chi connectivity index (χ2n) is 4.50. The first kappa shape index (κ1) is 17.4. The Labute approximate surface area is 134 Å². The van der Waals surface area contributed by atoms with Crippen molar-refractivity contribution < 1.29 is 26.8 Å². The van der Waals surface area contributed by atoms with Gasteiger partial charge >= 0.3 is 0 Å². The van der Waals surface area contributed by atoms with E-state index in [1.54, 1.807) is 0 Å². The van der Waals surface area contributed by atoms with Gasteiger partial charge in [-0.2, -0.15) is 17.7 Å². The maximum Gasteiger partial charge on any atom is 0.287 e. The summed E-state index contributed by atoms with van der Waals surface area (Å²) in [6.45, 7) is 0.0522. The van der Waals surface area contributed by atoms with E-state index in [4.69, 9.17) is 4.42 Å². The van der Waals surface area contributed by atoms with Crippen molar-refractivity contribution in [2.45, 2.75) is 19.4 Å². The maximum atomic E-state index is 12.9. The quantitative estimate of drug-likeness (QED) is 0.595. The van der Waals surface area contributed by atoms with Gasteiger partial charge in [-0.25, -0.2) is 17.6 Å². The van der Waals surface area contributed by atoms with Gasteiger partial charge in [0.05, 0.1) is 6.54 Å². The lowest BCUT2D eigenvalue weighted by atomic mass is 10.3. The SMILES string of the molecule is O=C(NCCS)c1ccc(Cn2nc(C(F)F)cc2C(F)F)o1. The number of carbonyl (C=O) groups is 1. The first-order chi connectivity index (χ1) is 10.9. The molecule has 23 heavy (non-hydrogen) atoms. The molecule has 2 rings (SSSR count). The van der Waals surface area contributed by atoms with Crippen molar-refractivity contribution in [1.29, 1.82) is 0 Å². The molecule has 0 atom stereocenters. The molecule has 0 bridgehead atoms. The monoisotopic (exact) mass is 351 g/mol. The van der Waals surface area contributed by atoms with Crippen LogP contribution in [0.2, 0.25) is 0 Å². The Morgan fingerprint density at radius 1 is 1.30 bits per heavy atom. The van der Waals surface area contributed by atoms with Gasteiger partial charge in [0.25, 0.3) is 18.8 Å². The minimum Gasteiger partial charge on any atom is -0.454 e. The number of nitrogens with one attached hydrogen (secondary N) is 1. The average Bonchev–Trinajstić information content (AvgIpc) is 3.12. The second kappa shape index (κ2) is 7.53. The van der Waals surface area contributed by atoms with E-state index < -0.39 is 30.1 Å². The molecule has 0 unspecified atom stereocenters. The van der Waals surface area contributed by atoms with E-state index in [2.05, 4.69) is 23.0 Å². The highest BCUT2D eigenvalue weighted by molar-refractivity contribution is 7.80. The van der Waals surface area contributed by atoms with Gasteiger partial charge in [-0.15, -0.1) is 0 Å². The summed E-state index contributed by atoms with van der Waals surface area (Å²) in [5, 5.41) is 5.97. The Hall–Kier alpha value is -1.97. The van der Waals surface area contributed by atoms with E-state index in [0.717, 1.165) is 4.68 Å². The van der Waals surface area contributed by atoms with Crippen LogP contribution in [0, 0.1) is 0 Å². The zero-order chi connectivity index (χ0) is 17.0. The van der Waals surface area contributed by atoms with Crippen LogP contribution in [-0.2, 0) is 6.54 Å². The lowest BCUT2D eigenvalue weighted by molar-refractivity contribution is 0.0926. The smallest absolute Gasteiger partial charge is 0.287 e. The number of amides is 1. The Kier molecular flexibility index (Phi) is 5.69. The summed E-state index contributed by atoms with van der Waals surface area (Å²) in [6, 6.07) is 3.41. The molecular weight excluding hydrogens is 338 g/mol. The Balaban J connectivity index is 2.16. The molecule has 0 aliphatic carbocycles. The number of alkyl halides is 4. The van der Waals surface area contributed by atoms with Crippen LogP contribution in [-0.4, -0.2) is 28.0 Å². The number of carbonyl (C=O) groups excluding carboxylic acids is 1. The van der Waals surface area contributed by atoms with Gasteiger partial charge in [-0.1, -0.05) is 0 Å². The van der Waals surface area contributed by atoms with Crippen LogP contribution in [0.4, 0.5) is 17.6 Å². The topological polar surface area (TPSA) is 60.1 Å². The van der Waals surface area contributed by atoms with E-state index in [0.29, 0.717) is 18.4 Å². The van der Waals surface area contributed by atoms with Gasteiger partial charge in [-0.3, -0.25) is 9.48 Å². The third-order valence-corrected chi connectivity index (χ3v) is 3.09. The molecule has 0 aromatic carbocycles. The minimum absolute atomic E-state index is 0.0124. The van der Waals surface area contributed by atoms with Gasteiger partial charge in [0.2, 0.25) is 0 Å². The van der Waals surface area contributed by atoms with Crippen LogP contribution < -0.4 is 5.32 Å². The third kappa shape index (κ3) is 4.27. The number of hydrogen-bond acceptors (Lipinski definition) is 4. The predicted molar refractivity (Wildman–Crippen MR) is 76.1 cm³/mol. The van der Waals surface area contributed by atoms with Gasteiger partial charge in [0, 0.05) is 12.3 Å². The standard InChI is InChI=1S/C13H13F4N3O2S/c14-11(15)8-5-9(12(16)17)20(19-8)6-7-1-2-10(22-7)13(21)18-3-4-23/h1-2,5,11-12,23H,3-4,6H2,(H,18,21). The summed E-state index contributed by atoms with van der Waals surface area (Å²) < 4.78 is 56.9. The summed E-state index contributed by atoms with van der Waals surface area (Å²) in [5.41, 5.74) is -1.38. The van der Waals surface area contributed by atoms with Crippen LogP contribution in [0.15, 0.2) is 22.6 Å². The summed E-state index contributed by atoms with van der Waals surface area (Å²) in [7, 11) is 0. The number of rotatable bonds is 7. The molecular formula is C13H13F4N3O2S. The summed E-state index contributed by atoms with van der Waals surface area (Å²) in [5.74, 6) is 0.0994. The highest BCUT2D eigenvalue weighted by Gasteiger charge is 2.22. The fraction of sp³-hybridized carbons (Fsp3) is 0.385. The van der Waals surface area contributed by atoms with Crippen molar-refractivity contribution in [3.05, 3.63) is 41.1 Å². The minimum atomic E-state index is -2.96. The zero-order valence-corrected chi connectivity index (χ0v) is 12.6. The highest BCUT2D eigenvalue weighted by Crippen LogP contribution is 2.25. The molecule has 10 heteroatoms. The van der Waals surface area contributed by atoms with Crippen molar-refractivity contribution in [2.24, 2.45) is 0 Å². The average molecular weight is 351 g/mol. The van der Waals surface area contributed by atoms with E-state index in [-0.39, 0.29) is 18.1 Å². The highest BCUT2D eigenvalue weighted by atomic mass is 32.1. The Morgan fingerprint density at radius 3 is 2.65 bits per heavy atom. The van der Waals surface area contributed by atoms with Crippen LogP contribution in [0.25, 0.3) is 0 Å². The first-order valence-electron chi connectivity index (χ1n) is 6.54. The van der Waals surface area contributed by atoms with Crippen molar-refractivity contribution in [2.75, 3.05) is 12.3 Å². The van der Waals surface area contributed by atoms with E-state index in [1.165, 1.54) is 12.1 Å². The maximum absolute atomic E-state index is 12.9. The summed E-state index contributed by atoms with van der Waals surface area (Å²) >= 11 is 3.94. The van der Waals surface area contributed by atoms with Crippen molar-refractivity contribution in [1.82, 2.24) is 15.1 Å². The Morgan fingerprint density at radius 2 is 2.04 bits per heavy atom. The van der Waals surface area contributed by atoms with Crippen LogP contribution in [0.5, 0.6) is 0 Å². The molecule has 0 saturated carbocycles. The van der Waals surface area contributed by atoms with Gasteiger partial charge in [0.15, 0.2) is 5.76 Å². The molecule has 0 saturated heterocycles. The molecule has 2 heterocycles. The van der Waals surface area contributed by atoms with Gasteiger partial charge < -0.3 is 9.73 Å². The van der Waals surface area contributed by atoms with Crippen LogP contribution >= 0.6 is 12.6 Å². The fourth-order valence-electron chi connectivity index (χ4n) is 1.85. The molecule has 1 N–H and O–H groups in total. The van der Waals surface area contributed by atoms with Crippen LogP contribution in [0.3, 0.4) is 0 Å². The van der Waals surface area contributed by atoms with Crippen molar-refractivity contribution in [3.63, 3.8) is 0 Å². The Bertz CT molecular complexity index is 672. The van der Waals surface area contributed by atoms with Crippen LogP contribution in [0.1, 0.15) is 40.6 Å². The molecule has 0 aliphatic heterocycles. The number of thiol groups is 1. The second-order valence-corrected chi connectivity index (χ2v) is 4.95. The number of hydrogen-bond donors (Lipinski definition) is 2. The van der Waals surface area contributed by atoms with E-state index in [9.17, 15) is 22.4 Å². The molecule has 0 radical (unpaired) electrons. The molecule has 2 aromatic heterocycles. The molecule has 5 nitrogen and oxygen atoms in total. The lowest BCUT2D eigenvalue weighted by Crippen LogP contribution is -2.24. The molecule has 0 fully saturated rings. The summed E-state index contributed by atoms with van der Waals surface area (Å²) in [6.07, 6.45) is -5.91. The normalized spacial score (nSPS) is 11.4. The fourth-order valence-corrected chi connectivity index (χ4v) is 1.96. The molecule has 1 amide bonds. The van der Waals surface area contributed by atoms with Gasteiger partial charge in [0.1, 0.15) is 17.1 Å². The van der Waals surface area contributed by atoms with E-state index >= 15 is 0 Å². The lowest BCUT2D eigenvalue weighted by Gasteiger charge is -2.04. The molecule has 0 aliphatic rings. The largest absolute Gasteiger partial charge is 0.454 e. The predicted octanol–water partition coefficient (Wildman–Crippen LogP) is 3.06. The number of halogens is 4. The molecule has 2 aromatic rings. The number of aromatic nitrogens is 2. The summed E-state index contributed by atoms with van der Waals surface area (Å²) in [4.78, 5) is 11.7. The van der Waals surface area contributed by atoms with Gasteiger partial charge in [-0.05, 0) is 18.2 Å². The van der Waals surface area contributed by atoms with E-state index in [1.807, 2.05) is 0 Å². The van der Waals surface area contributed by atoms with Crippen molar-refractivity contribution in [3.8, 4) is 0 Å². The van der Waals surface area contributed by atoms with Crippen molar-refractivity contribution >= 4 is 18.5 Å².